The van der Waals surface area contributed by atoms with Crippen molar-refractivity contribution in [2.24, 2.45) is 5.73 Å². The predicted octanol–water partition coefficient (Wildman–Crippen LogP) is 3.70. The number of hydrogen-bond donors (Lipinski definition) is 2. The van der Waals surface area contributed by atoms with Gasteiger partial charge in [0, 0.05) is 16.1 Å². The number of hydrogen-bond acceptors (Lipinski definition) is 2. The van der Waals surface area contributed by atoms with Crippen molar-refractivity contribution in [2.45, 2.75) is 13.0 Å². The molecular weight excluding hydrogens is 366 g/mol. The van der Waals surface area contributed by atoms with Crippen LogP contribution in [-0.4, -0.2) is 5.11 Å². The highest BCUT2D eigenvalue weighted by Crippen LogP contribution is 2.41. The first-order valence-corrected chi connectivity index (χ1v) is 5.95. The summed E-state index contributed by atoms with van der Waals surface area (Å²) in [5.41, 5.74) is 6.61. The second-order valence-corrected chi connectivity index (χ2v) is 5.21. The Bertz CT molecular complexity index is 339. The second-order valence-electron chi connectivity index (χ2n) is 2.71. The molecule has 0 aliphatic carbocycles. The van der Waals surface area contributed by atoms with Crippen molar-refractivity contribution in [3.05, 3.63) is 25.0 Å². The lowest BCUT2D eigenvalue weighted by molar-refractivity contribution is 0.466. The minimum atomic E-state index is -0.136. The van der Waals surface area contributed by atoms with Crippen LogP contribution in [0.4, 0.5) is 0 Å². The van der Waals surface area contributed by atoms with Crippen LogP contribution >= 0.6 is 47.8 Å². The largest absolute Gasteiger partial charge is 0.506 e. The lowest BCUT2D eigenvalue weighted by atomic mass is 10.1. The van der Waals surface area contributed by atoms with E-state index in [9.17, 15) is 5.11 Å². The summed E-state index contributed by atoms with van der Waals surface area (Å²) in [4.78, 5) is 0. The smallest absolute Gasteiger partial charge is 0.144 e. The van der Waals surface area contributed by atoms with E-state index in [-0.39, 0.29) is 11.8 Å². The summed E-state index contributed by atoms with van der Waals surface area (Å²) in [5, 5.41) is 9.59. The van der Waals surface area contributed by atoms with Gasteiger partial charge in [0.25, 0.3) is 0 Å². The highest BCUT2D eigenvalue weighted by atomic mass is 79.9. The van der Waals surface area contributed by atoms with Gasteiger partial charge in [0.15, 0.2) is 0 Å². The van der Waals surface area contributed by atoms with Gasteiger partial charge in [0.05, 0.1) is 8.95 Å². The molecule has 0 saturated carbocycles. The Morgan fingerprint density at radius 1 is 1.31 bits per heavy atom. The molecule has 0 radical (unpaired) electrons. The molecule has 13 heavy (non-hydrogen) atoms. The SMILES string of the molecule is C[C@H](N)c1c(Br)cc(Br)c(O)c1Br. The predicted molar refractivity (Wildman–Crippen MR) is 63.8 cm³/mol. The van der Waals surface area contributed by atoms with Gasteiger partial charge in [0.1, 0.15) is 5.75 Å². The average molecular weight is 374 g/mol. The van der Waals surface area contributed by atoms with Gasteiger partial charge in [-0.25, -0.2) is 0 Å². The van der Waals surface area contributed by atoms with Gasteiger partial charge in [-0.1, -0.05) is 15.9 Å². The number of aromatic hydroxyl groups is 1. The summed E-state index contributed by atoms with van der Waals surface area (Å²) in [7, 11) is 0. The van der Waals surface area contributed by atoms with Crippen LogP contribution in [0.1, 0.15) is 18.5 Å². The highest BCUT2D eigenvalue weighted by molar-refractivity contribution is 9.11. The van der Waals surface area contributed by atoms with Crippen LogP contribution in [0.5, 0.6) is 5.75 Å². The van der Waals surface area contributed by atoms with Crippen LogP contribution in [0.25, 0.3) is 0 Å². The van der Waals surface area contributed by atoms with Crippen LogP contribution in [0.2, 0.25) is 0 Å². The lowest BCUT2D eigenvalue weighted by Crippen LogP contribution is -2.06. The molecule has 0 bridgehead atoms. The summed E-state index contributed by atoms with van der Waals surface area (Å²) in [6.45, 7) is 1.86. The summed E-state index contributed by atoms with van der Waals surface area (Å²) < 4.78 is 2.14. The van der Waals surface area contributed by atoms with Gasteiger partial charge in [0.2, 0.25) is 0 Å². The average Bonchev–Trinajstić information content (AvgIpc) is 1.99. The first-order chi connectivity index (χ1) is 5.95. The third-order valence-corrected chi connectivity index (χ3v) is 3.70. The van der Waals surface area contributed by atoms with Crippen molar-refractivity contribution in [3.63, 3.8) is 0 Å². The van der Waals surface area contributed by atoms with Crippen molar-refractivity contribution in [1.29, 1.82) is 0 Å². The Labute approximate surface area is 102 Å². The summed E-state index contributed by atoms with van der Waals surface area (Å²) in [6.07, 6.45) is 0. The molecule has 1 aromatic rings. The van der Waals surface area contributed by atoms with Crippen molar-refractivity contribution in [2.75, 3.05) is 0 Å². The monoisotopic (exact) mass is 371 g/mol. The summed E-state index contributed by atoms with van der Waals surface area (Å²) in [6, 6.07) is 1.64. The Morgan fingerprint density at radius 3 is 2.31 bits per heavy atom. The van der Waals surface area contributed by atoms with Crippen LogP contribution in [-0.2, 0) is 0 Å². The molecule has 0 fully saturated rings. The normalized spacial score (nSPS) is 13.0. The van der Waals surface area contributed by atoms with Crippen LogP contribution in [0.15, 0.2) is 19.5 Å². The number of halogens is 3. The molecule has 0 unspecified atom stereocenters. The fourth-order valence-electron chi connectivity index (χ4n) is 1.01. The maximum absolute atomic E-state index is 9.59. The van der Waals surface area contributed by atoms with E-state index in [0.717, 1.165) is 10.0 Å². The Balaban J connectivity index is 3.44. The van der Waals surface area contributed by atoms with E-state index in [2.05, 4.69) is 47.8 Å². The molecule has 72 valence electrons. The van der Waals surface area contributed by atoms with Crippen molar-refractivity contribution < 1.29 is 5.11 Å². The quantitative estimate of drug-likeness (QED) is 0.788. The van der Waals surface area contributed by atoms with E-state index >= 15 is 0 Å². The van der Waals surface area contributed by atoms with E-state index in [1.165, 1.54) is 0 Å². The first kappa shape index (κ1) is 11.5. The van der Waals surface area contributed by atoms with E-state index < -0.39 is 0 Å². The standard InChI is InChI=1S/C8H8Br3NO/c1-3(12)6-4(9)2-5(10)8(13)7(6)11/h2-3,13H,12H2,1H3/t3-/m0/s1. The fraction of sp³-hybridized carbons (Fsp3) is 0.250. The molecule has 0 aromatic heterocycles. The molecule has 1 atom stereocenters. The van der Waals surface area contributed by atoms with Gasteiger partial charge in [-0.3, -0.25) is 0 Å². The minimum absolute atomic E-state index is 0.136. The molecule has 0 amide bonds. The minimum Gasteiger partial charge on any atom is -0.506 e. The molecular formula is C8H8Br3NO. The van der Waals surface area contributed by atoms with Crippen molar-refractivity contribution in [3.8, 4) is 5.75 Å². The molecule has 0 aliphatic rings. The Kier molecular flexibility index (Phi) is 3.80. The molecule has 2 nitrogen and oxygen atoms in total. The number of rotatable bonds is 1. The summed E-state index contributed by atoms with van der Waals surface area (Å²) in [5.74, 6) is 0.176. The third-order valence-electron chi connectivity index (χ3n) is 1.64. The molecule has 0 saturated heterocycles. The molecule has 0 aliphatic heterocycles. The Hall–Kier alpha value is 0.420. The molecule has 1 rings (SSSR count). The molecule has 1 aromatic carbocycles. The van der Waals surface area contributed by atoms with Gasteiger partial charge in [-0.2, -0.15) is 0 Å². The fourth-order valence-corrected chi connectivity index (χ4v) is 3.85. The van der Waals surface area contributed by atoms with Crippen LogP contribution < -0.4 is 5.73 Å². The zero-order valence-electron chi connectivity index (χ0n) is 6.81. The zero-order valence-corrected chi connectivity index (χ0v) is 11.6. The molecule has 0 spiro atoms. The molecule has 5 heteroatoms. The van der Waals surface area contributed by atoms with Crippen molar-refractivity contribution in [1.82, 2.24) is 0 Å². The molecule has 3 N–H and O–H groups in total. The van der Waals surface area contributed by atoms with Crippen molar-refractivity contribution >= 4 is 47.8 Å². The van der Waals surface area contributed by atoms with E-state index in [0.29, 0.717) is 8.95 Å². The lowest BCUT2D eigenvalue weighted by Gasteiger charge is -2.13. The van der Waals surface area contributed by atoms with Gasteiger partial charge >= 0.3 is 0 Å². The number of phenolic OH excluding ortho intramolecular Hbond substituents is 1. The maximum Gasteiger partial charge on any atom is 0.144 e. The topological polar surface area (TPSA) is 46.2 Å². The van der Waals surface area contributed by atoms with Crippen LogP contribution in [0, 0.1) is 0 Å². The number of nitrogens with two attached hydrogens (primary N) is 1. The van der Waals surface area contributed by atoms with Crippen LogP contribution in [0.3, 0.4) is 0 Å². The second kappa shape index (κ2) is 4.29. The van der Waals surface area contributed by atoms with E-state index in [1.54, 1.807) is 6.07 Å². The first-order valence-electron chi connectivity index (χ1n) is 3.57. The van der Waals surface area contributed by atoms with E-state index in [4.69, 9.17) is 5.73 Å². The van der Waals surface area contributed by atoms with Gasteiger partial charge in [-0.15, -0.1) is 0 Å². The van der Waals surface area contributed by atoms with E-state index in [1.807, 2.05) is 6.92 Å². The third kappa shape index (κ3) is 2.26. The number of phenols is 1. The van der Waals surface area contributed by atoms with Gasteiger partial charge in [-0.05, 0) is 44.8 Å². The Morgan fingerprint density at radius 2 is 1.85 bits per heavy atom. The maximum atomic E-state index is 9.59. The summed E-state index contributed by atoms with van der Waals surface area (Å²) >= 11 is 9.90. The zero-order chi connectivity index (χ0) is 10.2. The number of benzene rings is 1. The van der Waals surface area contributed by atoms with Gasteiger partial charge < -0.3 is 10.8 Å². The highest BCUT2D eigenvalue weighted by Gasteiger charge is 2.15. The molecule has 0 heterocycles.